The molecular formula is C11H21NS. The van der Waals surface area contributed by atoms with E-state index in [2.05, 4.69) is 11.1 Å². The van der Waals surface area contributed by atoms with E-state index in [0.717, 1.165) is 5.69 Å². The highest BCUT2D eigenvalue weighted by atomic mass is 32.2. The molecule has 0 amide bonds. The molecule has 0 saturated heterocycles. The fraction of sp³-hybridized carbons (Fsp3) is 0.545. The molecule has 0 fully saturated rings. The van der Waals surface area contributed by atoms with Gasteiger partial charge in [-0.25, -0.2) is 0 Å². The molecular weight excluding hydrogens is 178 g/mol. The molecule has 0 N–H and O–H groups in total. The molecule has 1 aromatic rings. The van der Waals surface area contributed by atoms with Crippen molar-refractivity contribution in [2.24, 2.45) is 0 Å². The second-order valence-electron chi connectivity index (χ2n) is 1.84. The maximum absolute atomic E-state index is 4.13. The minimum atomic E-state index is 1.08. The quantitative estimate of drug-likeness (QED) is 0.630. The van der Waals surface area contributed by atoms with Gasteiger partial charge in [0.15, 0.2) is 0 Å². The third-order valence-electron chi connectivity index (χ3n) is 1.12. The van der Waals surface area contributed by atoms with Crippen molar-refractivity contribution in [3.8, 4) is 0 Å². The van der Waals surface area contributed by atoms with Gasteiger partial charge in [0.25, 0.3) is 0 Å². The van der Waals surface area contributed by atoms with Crippen molar-refractivity contribution >= 4 is 11.8 Å². The number of rotatable bonds is 1. The summed E-state index contributed by atoms with van der Waals surface area (Å²) in [7, 11) is 0. The van der Waals surface area contributed by atoms with Gasteiger partial charge in [0.2, 0.25) is 0 Å². The Labute approximate surface area is 87.0 Å². The highest BCUT2D eigenvalue weighted by molar-refractivity contribution is 7.98. The van der Waals surface area contributed by atoms with Gasteiger partial charge < -0.3 is 0 Å². The number of pyridine rings is 1. The van der Waals surface area contributed by atoms with Crippen LogP contribution in [0.5, 0.6) is 0 Å². The van der Waals surface area contributed by atoms with Gasteiger partial charge in [0.05, 0.1) is 0 Å². The van der Waals surface area contributed by atoms with Crippen LogP contribution in [0.1, 0.15) is 33.4 Å². The fourth-order valence-electron chi connectivity index (χ4n) is 0.575. The van der Waals surface area contributed by atoms with Gasteiger partial charge in [-0.3, -0.25) is 4.98 Å². The molecule has 0 aromatic carbocycles. The molecule has 0 aliphatic rings. The van der Waals surface area contributed by atoms with Crippen LogP contribution in [0.25, 0.3) is 0 Å². The summed E-state index contributed by atoms with van der Waals surface area (Å²) in [4.78, 5) is 5.35. The molecule has 13 heavy (non-hydrogen) atoms. The molecule has 0 spiro atoms. The molecule has 0 radical (unpaired) electrons. The van der Waals surface area contributed by atoms with E-state index in [4.69, 9.17) is 0 Å². The van der Waals surface area contributed by atoms with Crippen molar-refractivity contribution in [3.63, 3.8) is 0 Å². The minimum Gasteiger partial charge on any atom is -0.260 e. The predicted octanol–water partition coefficient (Wildman–Crippen LogP) is 4.16. The molecule has 0 aliphatic heterocycles. The van der Waals surface area contributed by atoms with Gasteiger partial charge in [-0.05, 0) is 25.3 Å². The summed E-state index contributed by atoms with van der Waals surface area (Å²) >= 11 is 1.72. The number of nitrogens with zero attached hydrogens (tertiary/aromatic N) is 1. The smallest absolute Gasteiger partial charge is 0.0406 e. The molecule has 0 bridgehead atoms. The van der Waals surface area contributed by atoms with Crippen LogP contribution in [0.4, 0.5) is 0 Å². The van der Waals surface area contributed by atoms with Crippen LogP contribution >= 0.6 is 11.8 Å². The second-order valence-corrected chi connectivity index (χ2v) is 2.72. The van der Waals surface area contributed by atoms with Crippen molar-refractivity contribution in [1.82, 2.24) is 4.98 Å². The van der Waals surface area contributed by atoms with Gasteiger partial charge in [-0.15, -0.1) is 11.8 Å². The van der Waals surface area contributed by atoms with Crippen molar-refractivity contribution in [2.45, 2.75) is 39.5 Å². The van der Waals surface area contributed by atoms with Gasteiger partial charge >= 0.3 is 0 Å². The highest BCUT2D eigenvalue weighted by Gasteiger charge is 1.86. The Morgan fingerprint density at radius 1 is 1.08 bits per heavy atom. The largest absolute Gasteiger partial charge is 0.260 e. The number of hydrogen-bond donors (Lipinski definition) is 0. The molecule has 1 aromatic heterocycles. The summed E-state index contributed by atoms with van der Waals surface area (Å²) in [6, 6.07) is 4.10. The summed E-state index contributed by atoms with van der Waals surface area (Å²) < 4.78 is 0. The molecule has 0 unspecified atom stereocenters. The SMILES string of the molecule is CC.CC.CSc1ccc(C)nc1. The summed E-state index contributed by atoms with van der Waals surface area (Å²) in [6.07, 6.45) is 3.94. The zero-order chi connectivity index (χ0) is 10.7. The monoisotopic (exact) mass is 199 g/mol. The zero-order valence-corrected chi connectivity index (χ0v) is 10.4. The maximum Gasteiger partial charge on any atom is 0.0406 e. The molecule has 2 heteroatoms. The lowest BCUT2D eigenvalue weighted by atomic mass is 10.4. The first-order valence-electron chi connectivity index (χ1n) is 4.79. The zero-order valence-electron chi connectivity index (χ0n) is 9.59. The average Bonchev–Trinajstić information content (AvgIpc) is 2.25. The van der Waals surface area contributed by atoms with Crippen LogP contribution < -0.4 is 0 Å². The average molecular weight is 199 g/mol. The normalized spacial score (nSPS) is 7.54. The first-order chi connectivity index (χ1) is 6.33. The molecule has 1 nitrogen and oxygen atoms in total. The Balaban J connectivity index is 0. The molecule has 0 aliphatic carbocycles. The molecule has 76 valence electrons. The Morgan fingerprint density at radius 2 is 1.62 bits per heavy atom. The lowest BCUT2D eigenvalue weighted by Crippen LogP contribution is -1.77. The fourth-order valence-corrected chi connectivity index (χ4v) is 0.937. The number of aromatic nitrogens is 1. The van der Waals surface area contributed by atoms with E-state index in [9.17, 15) is 0 Å². The van der Waals surface area contributed by atoms with Crippen molar-refractivity contribution in [1.29, 1.82) is 0 Å². The van der Waals surface area contributed by atoms with E-state index >= 15 is 0 Å². The number of hydrogen-bond acceptors (Lipinski definition) is 2. The van der Waals surface area contributed by atoms with Crippen molar-refractivity contribution in [2.75, 3.05) is 6.26 Å². The van der Waals surface area contributed by atoms with Crippen LogP contribution in [-0.4, -0.2) is 11.2 Å². The van der Waals surface area contributed by atoms with Gasteiger partial charge in [0, 0.05) is 16.8 Å². The Morgan fingerprint density at radius 3 is 1.92 bits per heavy atom. The Hall–Kier alpha value is -0.500. The maximum atomic E-state index is 4.13. The minimum absolute atomic E-state index is 1.08. The summed E-state index contributed by atoms with van der Waals surface area (Å²) in [5, 5.41) is 0. The molecule has 0 saturated carbocycles. The van der Waals surface area contributed by atoms with Crippen LogP contribution in [0.3, 0.4) is 0 Å². The van der Waals surface area contributed by atoms with Crippen molar-refractivity contribution in [3.05, 3.63) is 24.0 Å². The highest BCUT2D eigenvalue weighted by Crippen LogP contribution is 2.11. The third-order valence-corrected chi connectivity index (χ3v) is 1.83. The van der Waals surface area contributed by atoms with Gasteiger partial charge in [0.1, 0.15) is 0 Å². The Kier molecular flexibility index (Phi) is 13.3. The molecule has 0 atom stereocenters. The molecule has 1 rings (SSSR count). The third kappa shape index (κ3) is 7.85. The van der Waals surface area contributed by atoms with Crippen LogP contribution in [-0.2, 0) is 0 Å². The van der Waals surface area contributed by atoms with E-state index < -0.39 is 0 Å². The number of aryl methyl sites for hydroxylation is 1. The lowest BCUT2D eigenvalue weighted by Gasteiger charge is -1.93. The van der Waals surface area contributed by atoms with Crippen LogP contribution in [0.2, 0.25) is 0 Å². The lowest BCUT2D eigenvalue weighted by molar-refractivity contribution is 1.15. The van der Waals surface area contributed by atoms with E-state index in [-0.39, 0.29) is 0 Å². The van der Waals surface area contributed by atoms with E-state index in [1.807, 2.05) is 53.1 Å². The van der Waals surface area contributed by atoms with E-state index in [0.29, 0.717) is 0 Å². The van der Waals surface area contributed by atoms with Crippen LogP contribution in [0, 0.1) is 6.92 Å². The Bertz CT molecular complexity index is 182. The summed E-state index contributed by atoms with van der Waals surface area (Å²) in [6.45, 7) is 9.99. The topological polar surface area (TPSA) is 12.9 Å². The predicted molar refractivity (Wildman–Crippen MR) is 63.5 cm³/mol. The van der Waals surface area contributed by atoms with Crippen LogP contribution in [0.15, 0.2) is 23.2 Å². The van der Waals surface area contributed by atoms with E-state index in [1.165, 1.54) is 4.90 Å². The first-order valence-corrected chi connectivity index (χ1v) is 6.02. The second kappa shape index (κ2) is 11.5. The van der Waals surface area contributed by atoms with Crippen molar-refractivity contribution < 1.29 is 0 Å². The standard InChI is InChI=1S/C7H9NS.2C2H6/c1-6-3-4-7(9-2)5-8-6;2*1-2/h3-5H,1-2H3;2*1-2H3. The van der Waals surface area contributed by atoms with Gasteiger partial charge in [-0.1, -0.05) is 27.7 Å². The summed E-state index contributed by atoms with van der Waals surface area (Å²) in [5.41, 5.74) is 1.08. The summed E-state index contributed by atoms with van der Waals surface area (Å²) in [5.74, 6) is 0. The molecule has 1 heterocycles. The first kappa shape index (κ1) is 15.0. The van der Waals surface area contributed by atoms with Gasteiger partial charge in [-0.2, -0.15) is 0 Å². The number of thioether (sulfide) groups is 1. The van der Waals surface area contributed by atoms with E-state index in [1.54, 1.807) is 11.8 Å².